The van der Waals surface area contributed by atoms with Crippen LogP contribution >= 0.6 is 11.6 Å². The van der Waals surface area contributed by atoms with Crippen molar-refractivity contribution in [1.29, 1.82) is 0 Å². The third kappa shape index (κ3) is 2.72. The SMILES string of the molecule is Cc1ccc(-c2nc3ccc(Cl)cc3c(C(=O)O)c2-n2cccn2)cc1. The molecule has 0 spiro atoms. The van der Waals surface area contributed by atoms with E-state index in [0.29, 0.717) is 27.3 Å². The number of halogens is 1. The summed E-state index contributed by atoms with van der Waals surface area (Å²) in [5.74, 6) is -1.06. The van der Waals surface area contributed by atoms with Crippen molar-refractivity contribution in [2.45, 2.75) is 6.92 Å². The number of hydrogen-bond donors (Lipinski definition) is 1. The summed E-state index contributed by atoms with van der Waals surface area (Å²) in [5.41, 5.74) is 3.60. The minimum Gasteiger partial charge on any atom is -0.478 e. The summed E-state index contributed by atoms with van der Waals surface area (Å²) in [6, 6.07) is 14.6. The van der Waals surface area contributed by atoms with Gasteiger partial charge in [0, 0.05) is 28.4 Å². The molecule has 0 fully saturated rings. The topological polar surface area (TPSA) is 68.0 Å². The number of carboxylic acid groups (broad SMARTS) is 1. The quantitative estimate of drug-likeness (QED) is 0.570. The molecule has 1 N–H and O–H groups in total. The molecule has 0 unspecified atom stereocenters. The second-order valence-corrected chi connectivity index (χ2v) is 6.40. The van der Waals surface area contributed by atoms with Gasteiger partial charge >= 0.3 is 5.97 Å². The highest BCUT2D eigenvalue weighted by Crippen LogP contribution is 2.34. The van der Waals surface area contributed by atoms with Gasteiger partial charge in [0.15, 0.2) is 0 Å². The van der Waals surface area contributed by atoms with Crippen molar-refractivity contribution in [3.63, 3.8) is 0 Å². The zero-order valence-electron chi connectivity index (χ0n) is 13.8. The molecule has 6 heteroatoms. The second-order valence-electron chi connectivity index (χ2n) is 5.97. The summed E-state index contributed by atoms with van der Waals surface area (Å²) in [6.07, 6.45) is 3.31. The van der Waals surface area contributed by atoms with Crippen LogP contribution in [-0.2, 0) is 0 Å². The van der Waals surface area contributed by atoms with E-state index in [4.69, 9.17) is 16.6 Å². The summed E-state index contributed by atoms with van der Waals surface area (Å²) in [4.78, 5) is 16.9. The van der Waals surface area contributed by atoms with E-state index < -0.39 is 5.97 Å². The van der Waals surface area contributed by atoms with Gasteiger partial charge in [-0.2, -0.15) is 5.10 Å². The van der Waals surface area contributed by atoms with Crippen molar-refractivity contribution in [3.8, 4) is 16.9 Å². The van der Waals surface area contributed by atoms with Crippen LogP contribution in [0.5, 0.6) is 0 Å². The lowest BCUT2D eigenvalue weighted by atomic mass is 10.0. The largest absolute Gasteiger partial charge is 0.478 e. The number of aromatic nitrogens is 3. The molecule has 0 aliphatic heterocycles. The molecule has 0 atom stereocenters. The average Bonchev–Trinajstić information content (AvgIpc) is 3.15. The van der Waals surface area contributed by atoms with Crippen molar-refractivity contribution in [1.82, 2.24) is 14.8 Å². The number of pyridine rings is 1. The molecule has 2 aromatic carbocycles. The number of carbonyl (C=O) groups is 1. The molecule has 4 rings (SSSR count). The van der Waals surface area contributed by atoms with Crippen molar-refractivity contribution < 1.29 is 9.90 Å². The van der Waals surface area contributed by atoms with E-state index in [9.17, 15) is 9.90 Å². The highest BCUT2D eigenvalue weighted by molar-refractivity contribution is 6.31. The molecule has 0 radical (unpaired) electrons. The van der Waals surface area contributed by atoms with Crippen LogP contribution in [0.15, 0.2) is 60.9 Å². The maximum absolute atomic E-state index is 12.2. The number of hydrogen-bond acceptors (Lipinski definition) is 3. The van der Waals surface area contributed by atoms with E-state index >= 15 is 0 Å². The van der Waals surface area contributed by atoms with Gasteiger partial charge in [0.2, 0.25) is 0 Å². The predicted molar refractivity (Wildman–Crippen MR) is 101 cm³/mol. The maximum Gasteiger partial charge on any atom is 0.338 e. The fourth-order valence-corrected chi connectivity index (χ4v) is 3.15. The highest BCUT2D eigenvalue weighted by atomic mass is 35.5. The number of fused-ring (bicyclic) bond motifs is 1. The number of aromatic carboxylic acids is 1. The first-order valence-corrected chi connectivity index (χ1v) is 8.36. The van der Waals surface area contributed by atoms with Crippen molar-refractivity contribution in [3.05, 3.63) is 77.1 Å². The minimum atomic E-state index is -1.06. The van der Waals surface area contributed by atoms with Gasteiger partial charge in [-0.15, -0.1) is 0 Å². The van der Waals surface area contributed by atoms with Crippen LogP contribution in [-0.4, -0.2) is 25.8 Å². The monoisotopic (exact) mass is 363 g/mol. The van der Waals surface area contributed by atoms with Gasteiger partial charge in [0.25, 0.3) is 0 Å². The second kappa shape index (κ2) is 6.28. The molecule has 0 bridgehead atoms. The predicted octanol–water partition coefficient (Wildman–Crippen LogP) is 4.75. The van der Waals surface area contributed by atoms with Gasteiger partial charge in [0.05, 0.1) is 16.8 Å². The fourth-order valence-electron chi connectivity index (χ4n) is 2.98. The summed E-state index contributed by atoms with van der Waals surface area (Å²) in [7, 11) is 0. The normalized spacial score (nSPS) is 11.0. The number of aryl methyl sites for hydroxylation is 1. The number of rotatable bonds is 3. The molecule has 0 aliphatic carbocycles. The summed E-state index contributed by atoms with van der Waals surface area (Å²) >= 11 is 6.10. The lowest BCUT2D eigenvalue weighted by Gasteiger charge is -2.15. The maximum atomic E-state index is 12.2. The molecular formula is C20H14ClN3O2. The molecule has 2 heterocycles. The van der Waals surface area contributed by atoms with Crippen LogP contribution in [0.25, 0.3) is 27.8 Å². The van der Waals surface area contributed by atoms with Gasteiger partial charge in [-0.1, -0.05) is 41.4 Å². The first-order chi connectivity index (χ1) is 12.5. The molecule has 4 aromatic rings. The van der Waals surface area contributed by atoms with Crippen LogP contribution in [0.3, 0.4) is 0 Å². The Morgan fingerprint density at radius 3 is 2.58 bits per heavy atom. The zero-order valence-corrected chi connectivity index (χ0v) is 14.6. The minimum absolute atomic E-state index is 0.122. The Labute approximate surface area is 154 Å². The van der Waals surface area contributed by atoms with E-state index in [1.165, 1.54) is 4.68 Å². The first kappa shape index (κ1) is 16.3. The molecular weight excluding hydrogens is 350 g/mol. The molecule has 0 aliphatic rings. The van der Waals surface area contributed by atoms with Gasteiger partial charge in [-0.25, -0.2) is 14.5 Å². The van der Waals surface area contributed by atoms with Crippen LogP contribution in [0.1, 0.15) is 15.9 Å². The fraction of sp³-hybridized carbons (Fsp3) is 0.0500. The van der Waals surface area contributed by atoms with E-state index in [2.05, 4.69) is 5.10 Å². The van der Waals surface area contributed by atoms with Gasteiger partial charge in [0.1, 0.15) is 5.69 Å². The molecule has 128 valence electrons. The third-order valence-corrected chi connectivity index (χ3v) is 4.43. The lowest BCUT2D eigenvalue weighted by Crippen LogP contribution is -2.10. The van der Waals surface area contributed by atoms with Crippen molar-refractivity contribution in [2.24, 2.45) is 0 Å². The van der Waals surface area contributed by atoms with Gasteiger partial charge in [-0.05, 0) is 31.2 Å². The van der Waals surface area contributed by atoms with Crippen LogP contribution in [0.2, 0.25) is 5.02 Å². The van der Waals surface area contributed by atoms with E-state index in [0.717, 1.165) is 11.1 Å². The zero-order chi connectivity index (χ0) is 18.3. The Bertz CT molecular complexity index is 1120. The molecule has 0 amide bonds. The molecule has 26 heavy (non-hydrogen) atoms. The van der Waals surface area contributed by atoms with Crippen LogP contribution in [0.4, 0.5) is 0 Å². The molecule has 2 aromatic heterocycles. The Hall–Kier alpha value is -3.18. The van der Waals surface area contributed by atoms with E-state index in [1.807, 2.05) is 31.2 Å². The van der Waals surface area contributed by atoms with Crippen molar-refractivity contribution in [2.75, 3.05) is 0 Å². The summed E-state index contributed by atoms with van der Waals surface area (Å²) in [6.45, 7) is 2.00. The standard InChI is InChI=1S/C20H14ClN3O2/c1-12-3-5-13(6-4-12)18-19(24-10-2-9-22-24)17(20(25)26)15-11-14(21)7-8-16(15)23-18/h2-11H,1H3,(H,25,26). The summed E-state index contributed by atoms with van der Waals surface area (Å²) in [5, 5.41) is 15.1. The Balaban J connectivity index is 2.16. The Morgan fingerprint density at radius 2 is 1.92 bits per heavy atom. The number of carboxylic acids is 1. The molecule has 5 nitrogen and oxygen atoms in total. The summed E-state index contributed by atoms with van der Waals surface area (Å²) < 4.78 is 1.53. The third-order valence-electron chi connectivity index (χ3n) is 4.19. The van der Waals surface area contributed by atoms with Crippen LogP contribution < -0.4 is 0 Å². The lowest BCUT2D eigenvalue weighted by molar-refractivity contribution is 0.0699. The average molecular weight is 364 g/mol. The Morgan fingerprint density at radius 1 is 1.15 bits per heavy atom. The van der Waals surface area contributed by atoms with Gasteiger partial charge in [-0.3, -0.25) is 0 Å². The molecule has 0 saturated heterocycles. The van der Waals surface area contributed by atoms with E-state index in [-0.39, 0.29) is 5.56 Å². The smallest absolute Gasteiger partial charge is 0.338 e. The van der Waals surface area contributed by atoms with Crippen molar-refractivity contribution >= 4 is 28.5 Å². The molecule has 0 saturated carbocycles. The first-order valence-electron chi connectivity index (χ1n) is 7.98. The van der Waals surface area contributed by atoms with E-state index in [1.54, 1.807) is 36.7 Å². The van der Waals surface area contributed by atoms with Crippen LogP contribution in [0, 0.1) is 6.92 Å². The number of benzene rings is 2. The van der Waals surface area contributed by atoms with Gasteiger partial charge < -0.3 is 5.11 Å². The highest BCUT2D eigenvalue weighted by Gasteiger charge is 2.23. The Kier molecular flexibility index (Phi) is 3.93. The number of nitrogens with zero attached hydrogens (tertiary/aromatic N) is 3.